The Bertz CT molecular complexity index is 659. The van der Waals surface area contributed by atoms with Crippen LogP contribution in [-0.2, 0) is 0 Å². The van der Waals surface area contributed by atoms with Crippen LogP contribution < -0.4 is 0 Å². The highest BCUT2D eigenvalue weighted by atomic mass is 16.4. The molecule has 6 heteroatoms. The summed E-state index contributed by atoms with van der Waals surface area (Å²) in [5.74, 6) is -0.700. The Balaban J connectivity index is 2.11. The highest BCUT2D eigenvalue weighted by Crippen LogP contribution is 2.41. The SMILES string of the molecule is O=Cc1nnn(-c2cccc(C(=O)O)c2)c1C1CC1. The third kappa shape index (κ3) is 2.01. The van der Waals surface area contributed by atoms with E-state index in [0.29, 0.717) is 23.6 Å². The largest absolute Gasteiger partial charge is 0.478 e. The van der Waals surface area contributed by atoms with Crippen LogP contribution in [0.15, 0.2) is 24.3 Å². The minimum Gasteiger partial charge on any atom is -0.478 e. The molecule has 2 aromatic rings. The first kappa shape index (κ1) is 11.6. The Morgan fingerprint density at radius 3 is 2.84 bits per heavy atom. The first-order valence-corrected chi connectivity index (χ1v) is 5.95. The van der Waals surface area contributed by atoms with Crippen LogP contribution in [0.5, 0.6) is 0 Å². The van der Waals surface area contributed by atoms with E-state index in [9.17, 15) is 9.59 Å². The third-order valence-electron chi connectivity index (χ3n) is 3.15. The number of carboxylic acids is 1. The van der Waals surface area contributed by atoms with Gasteiger partial charge in [-0.3, -0.25) is 4.79 Å². The van der Waals surface area contributed by atoms with Crippen LogP contribution in [0.3, 0.4) is 0 Å². The fourth-order valence-electron chi connectivity index (χ4n) is 2.09. The maximum atomic E-state index is 11.0. The zero-order chi connectivity index (χ0) is 13.4. The molecule has 6 nitrogen and oxygen atoms in total. The molecular weight excluding hydrogens is 246 g/mol. The molecule has 1 aliphatic carbocycles. The maximum Gasteiger partial charge on any atom is 0.335 e. The van der Waals surface area contributed by atoms with Gasteiger partial charge < -0.3 is 5.11 Å². The van der Waals surface area contributed by atoms with Gasteiger partial charge in [-0.05, 0) is 31.0 Å². The molecule has 1 aromatic heterocycles. The molecule has 1 fully saturated rings. The van der Waals surface area contributed by atoms with Crippen LogP contribution in [0, 0.1) is 0 Å². The first-order valence-electron chi connectivity index (χ1n) is 5.95. The number of carboxylic acid groups (broad SMARTS) is 1. The van der Waals surface area contributed by atoms with Gasteiger partial charge in [-0.2, -0.15) is 0 Å². The standard InChI is InChI=1S/C13H11N3O3/c17-7-11-12(8-4-5-8)16(15-14-11)10-3-1-2-9(6-10)13(18)19/h1-3,6-8H,4-5H2,(H,18,19). The fraction of sp³-hybridized carbons (Fsp3) is 0.231. The Morgan fingerprint density at radius 2 is 2.21 bits per heavy atom. The molecule has 0 aliphatic heterocycles. The number of hydrogen-bond donors (Lipinski definition) is 1. The monoisotopic (exact) mass is 257 g/mol. The van der Waals surface area contributed by atoms with Crippen molar-refractivity contribution in [2.24, 2.45) is 0 Å². The number of rotatable bonds is 4. The van der Waals surface area contributed by atoms with Gasteiger partial charge in [0.15, 0.2) is 6.29 Å². The molecule has 1 aromatic carbocycles. The summed E-state index contributed by atoms with van der Waals surface area (Å²) >= 11 is 0. The molecule has 3 rings (SSSR count). The lowest BCUT2D eigenvalue weighted by Crippen LogP contribution is -2.04. The van der Waals surface area contributed by atoms with E-state index >= 15 is 0 Å². The maximum absolute atomic E-state index is 11.0. The lowest BCUT2D eigenvalue weighted by molar-refractivity contribution is 0.0696. The van der Waals surface area contributed by atoms with E-state index in [1.807, 2.05) is 0 Å². The van der Waals surface area contributed by atoms with Gasteiger partial charge in [0, 0.05) is 5.92 Å². The van der Waals surface area contributed by atoms with Gasteiger partial charge in [-0.15, -0.1) is 5.10 Å². The van der Waals surface area contributed by atoms with Crippen LogP contribution in [0.1, 0.15) is 45.3 Å². The van der Waals surface area contributed by atoms with Gasteiger partial charge in [-0.25, -0.2) is 9.48 Å². The Hall–Kier alpha value is -2.50. The Labute approximate surface area is 108 Å². The second kappa shape index (κ2) is 4.31. The smallest absolute Gasteiger partial charge is 0.335 e. The molecule has 96 valence electrons. The summed E-state index contributed by atoms with van der Waals surface area (Å²) in [6.07, 6.45) is 2.71. The van der Waals surface area contributed by atoms with E-state index in [1.54, 1.807) is 16.8 Å². The van der Waals surface area contributed by atoms with Crippen molar-refractivity contribution >= 4 is 12.3 Å². The zero-order valence-corrected chi connectivity index (χ0v) is 9.98. The third-order valence-corrected chi connectivity index (χ3v) is 3.15. The molecule has 0 spiro atoms. The van der Waals surface area contributed by atoms with Crippen molar-refractivity contribution in [3.8, 4) is 5.69 Å². The quantitative estimate of drug-likeness (QED) is 0.842. The molecule has 0 unspecified atom stereocenters. The van der Waals surface area contributed by atoms with Crippen LogP contribution >= 0.6 is 0 Å². The number of aldehydes is 1. The number of carbonyl (C=O) groups excluding carboxylic acids is 1. The Morgan fingerprint density at radius 1 is 1.42 bits per heavy atom. The molecule has 19 heavy (non-hydrogen) atoms. The molecule has 1 saturated carbocycles. The van der Waals surface area contributed by atoms with Crippen LogP contribution in [0.4, 0.5) is 0 Å². The molecule has 0 amide bonds. The summed E-state index contributed by atoms with van der Waals surface area (Å²) in [6.45, 7) is 0. The second-order valence-corrected chi connectivity index (χ2v) is 4.52. The van der Waals surface area contributed by atoms with E-state index in [-0.39, 0.29) is 5.56 Å². The van der Waals surface area contributed by atoms with Gasteiger partial charge in [0.2, 0.25) is 0 Å². The fourth-order valence-corrected chi connectivity index (χ4v) is 2.09. The van der Waals surface area contributed by atoms with Crippen LogP contribution in [-0.4, -0.2) is 32.4 Å². The minimum atomic E-state index is -0.995. The average molecular weight is 257 g/mol. The zero-order valence-electron chi connectivity index (χ0n) is 9.98. The van der Waals surface area contributed by atoms with E-state index in [2.05, 4.69) is 10.3 Å². The summed E-state index contributed by atoms with van der Waals surface area (Å²) in [7, 11) is 0. The molecule has 0 atom stereocenters. The number of aromatic nitrogens is 3. The van der Waals surface area contributed by atoms with Crippen molar-refractivity contribution < 1.29 is 14.7 Å². The second-order valence-electron chi connectivity index (χ2n) is 4.52. The molecule has 1 aliphatic rings. The molecule has 0 bridgehead atoms. The summed E-state index contributed by atoms with van der Waals surface area (Å²) in [6, 6.07) is 6.44. The van der Waals surface area contributed by atoms with Crippen molar-refractivity contribution in [1.82, 2.24) is 15.0 Å². The Kier molecular flexibility index (Phi) is 2.63. The topological polar surface area (TPSA) is 85.1 Å². The first-order chi connectivity index (χ1) is 9.20. The van der Waals surface area contributed by atoms with Crippen molar-refractivity contribution in [3.63, 3.8) is 0 Å². The van der Waals surface area contributed by atoms with Gasteiger partial charge in [-0.1, -0.05) is 11.3 Å². The van der Waals surface area contributed by atoms with Crippen molar-refractivity contribution in [2.45, 2.75) is 18.8 Å². The number of nitrogens with zero attached hydrogens (tertiary/aromatic N) is 3. The van der Waals surface area contributed by atoms with E-state index in [4.69, 9.17) is 5.11 Å². The molecular formula is C13H11N3O3. The summed E-state index contributed by atoms with van der Waals surface area (Å²) in [5, 5.41) is 16.8. The number of benzene rings is 1. The molecule has 1 N–H and O–H groups in total. The highest BCUT2D eigenvalue weighted by Gasteiger charge is 2.31. The van der Waals surface area contributed by atoms with Crippen LogP contribution in [0.2, 0.25) is 0 Å². The van der Waals surface area contributed by atoms with E-state index < -0.39 is 5.97 Å². The molecule has 1 heterocycles. The number of hydrogen-bond acceptors (Lipinski definition) is 4. The van der Waals surface area contributed by atoms with E-state index in [0.717, 1.165) is 18.5 Å². The summed E-state index contributed by atoms with van der Waals surface area (Å²) in [4.78, 5) is 21.9. The molecule has 0 saturated heterocycles. The van der Waals surface area contributed by atoms with Gasteiger partial charge >= 0.3 is 5.97 Å². The summed E-state index contributed by atoms with van der Waals surface area (Å²) < 4.78 is 1.56. The minimum absolute atomic E-state index is 0.183. The predicted molar refractivity (Wildman–Crippen MR) is 65.7 cm³/mol. The normalized spacial score (nSPS) is 14.3. The summed E-state index contributed by atoms with van der Waals surface area (Å²) in [5.41, 5.74) is 1.91. The van der Waals surface area contributed by atoms with Gasteiger partial charge in [0.25, 0.3) is 0 Å². The highest BCUT2D eigenvalue weighted by molar-refractivity contribution is 5.88. The average Bonchev–Trinajstić information content (AvgIpc) is 3.17. The van der Waals surface area contributed by atoms with Crippen molar-refractivity contribution in [2.75, 3.05) is 0 Å². The van der Waals surface area contributed by atoms with E-state index in [1.165, 1.54) is 12.1 Å². The van der Waals surface area contributed by atoms with Crippen molar-refractivity contribution in [1.29, 1.82) is 0 Å². The van der Waals surface area contributed by atoms with Gasteiger partial charge in [0.05, 0.1) is 16.9 Å². The molecule has 0 radical (unpaired) electrons. The number of aromatic carboxylic acids is 1. The predicted octanol–water partition coefficient (Wildman–Crippen LogP) is 1.66. The van der Waals surface area contributed by atoms with Gasteiger partial charge in [0.1, 0.15) is 5.69 Å². The lowest BCUT2D eigenvalue weighted by Gasteiger charge is -2.06. The number of carbonyl (C=O) groups is 2. The lowest BCUT2D eigenvalue weighted by atomic mass is 10.2. The van der Waals surface area contributed by atoms with Crippen molar-refractivity contribution in [3.05, 3.63) is 41.2 Å². The van der Waals surface area contributed by atoms with Crippen LogP contribution in [0.25, 0.3) is 5.69 Å².